The van der Waals surface area contributed by atoms with Crippen molar-refractivity contribution in [1.82, 2.24) is 25.3 Å². The summed E-state index contributed by atoms with van der Waals surface area (Å²) in [4.78, 5) is 73.9. The van der Waals surface area contributed by atoms with Gasteiger partial charge in [0.2, 0.25) is 23.6 Å². The molecular formula is C42H72N6O8. The normalized spacial score (nSPS) is 18.8. The monoisotopic (exact) mass is 789 g/mol. The highest BCUT2D eigenvalue weighted by atomic mass is 16.5. The smallest absolute Gasteiger partial charge is 0.328 e. The number of ether oxygens (including phenoxy) is 3. The van der Waals surface area contributed by atoms with Crippen LogP contribution in [0.1, 0.15) is 79.7 Å². The van der Waals surface area contributed by atoms with Gasteiger partial charge in [-0.15, -0.1) is 0 Å². The fourth-order valence-electron chi connectivity index (χ4n) is 8.12. The van der Waals surface area contributed by atoms with Crippen LogP contribution in [0.15, 0.2) is 30.3 Å². The van der Waals surface area contributed by atoms with Gasteiger partial charge in [-0.1, -0.05) is 85.2 Å². The zero-order valence-electron chi connectivity index (χ0n) is 36.1. The number of esters is 1. The van der Waals surface area contributed by atoms with Crippen LogP contribution in [0.3, 0.4) is 0 Å². The van der Waals surface area contributed by atoms with Gasteiger partial charge in [-0.2, -0.15) is 0 Å². The molecule has 4 N–H and O–H groups in total. The topological polar surface area (TPSA) is 173 Å². The van der Waals surface area contributed by atoms with E-state index in [4.69, 9.17) is 19.9 Å². The molecule has 0 bridgehead atoms. The number of hydrogen-bond donors (Lipinski definition) is 3. The van der Waals surface area contributed by atoms with Crippen LogP contribution in [0.25, 0.3) is 0 Å². The van der Waals surface area contributed by atoms with Crippen molar-refractivity contribution in [2.45, 2.75) is 123 Å². The molecule has 2 rings (SSSR count). The Morgan fingerprint density at radius 2 is 1.55 bits per heavy atom. The second-order valence-corrected chi connectivity index (χ2v) is 16.1. The Kier molecular flexibility index (Phi) is 20.5. The first-order valence-corrected chi connectivity index (χ1v) is 20.2. The lowest BCUT2D eigenvalue weighted by Crippen LogP contribution is -2.60. The van der Waals surface area contributed by atoms with E-state index in [1.807, 2.05) is 83.8 Å². The summed E-state index contributed by atoms with van der Waals surface area (Å²) < 4.78 is 17.0. The Morgan fingerprint density at radius 3 is 2.07 bits per heavy atom. The summed E-state index contributed by atoms with van der Waals surface area (Å²) in [5.74, 6) is -2.57. The Labute approximate surface area is 335 Å². The molecule has 14 nitrogen and oxygen atoms in total. The van der Waals surface area contributed by atoms with Crippen molar-refractivity contribution in [1.29, 1.82) is 0 Å². The molecule has 56 heavy (non-hydrogen) atoms. The first kappa shape index (κ1) is 48.6. The third-order valence-electron chi connectivity index (χ3n) is 11.4. The van der Waals surface area contributed by atoms with Crippen LogP contribution in [-0.4, -0.2) is 142 Å². The van der Waals surface area contributed by atoms with Crippen LogP contribution in [0.5, 0.6) is 0 Å². The van der Waals surface area contributed by atoms with E-state index in [9.17, 15) is 24.0 Å². The molecule has 0 aliphatic carbocycles. The summed E-state index contributed by atoms with van der Waals surface area (Å²) >= 11 is 0. The second-order valence-electron chi connectivity index (χ2n) is 16.1. The molecule has 1 heterocycles. The highest BCUT2D eigenvalue weighted by Crippen LogP contribution is 2.30. The number of amides is 4. The maximum atomic E-state index is 14.3. The third kappa shape index (κ3) is 13.0. The van der Waals surface area contributed by atoms with E-state index in [-0.39, 0.29) is 54.2 Å². The SMILES string of the molecule is CCC(C)C(C(CC(=O)N1CCCC1C(OC)C(C)C(=O)NC(Cc1ccccc1)C(=O)OC)OC)N(C)C(=O)C(NC(=O)C(C(C)C)N(C)CCN)C(C)C. The molecule has 9 atom stereocenters. The number of hydrogen-bond acceptors (Lipinski definition) is 10. The average Bonchev–Trinajstić information content (AvgIpc) is 3.65. The van der Waals surface area contributed by atoms with Gasteiger partial charge >= 0.3 is 5.97 Å². The van der Waals surface area contributed by atoms with Crippen molar-refractivity contribution in [3.63, 3.8) is 0 Å². The van der Waals surface area contributed by atoms with E-state index in [0.717, 1.165) is 18.4 Å². The van der Waals surface area contributed by atoms with E-state index in [1.54, 1.807) is 30.9 Å². The number of carbonyl (C=O) groups is 5. The van der Waals surface area contributed by atoms with Crippen LogP contribution < -0.4 is 16.4 Å². The minimum Gasteiger partial charge on any atom is -0.467 e. The van der Waals surface area contributed by atoms with Crippen molar-refractivity contribution in [2.75, 3.05) is 55.1 Å². The highest BCUT2D eigenvalue weighted by Gasteiger charge is 2.43. The molecule has 318 valence electrons. The zero-order valence-corrected chi connectivity index (χ0v) is 36.1. The maximum absolute atomic E-state index is 14.3. The van der Waals surface area contributed by atoms with Gasteiger partial charge in [0.25, 0.3) is 0 Å². The molecule has 14 heteroatoms. The Balaban J connectivity index is 2.29. The Morgan fingerprint density at radius 1 is 0.911 bits per heavy atom. The Bertz CT molecular complexity index is 1400. The lowest BCUT2D eigenvalue weighted by atomic mass is 9.89. The predicted octanol–water partition coefficient (Wildman–Crippen LogP) is 2.86. The van der Waals surface area contributed by atoms with Gasteiger partial charge in [0.05, 0.1) is 49.8 Å². The van der Waals surface area contributed by atoms with Crippen molar-refractivity contribution in [2.24, 2.45) is 29.4 Å². The standard InChI is InChI=1S/C42H72N6O8/c1-13-28(6)37(47(9)41(52)35(26(2)3)45-40(51)36(27(4)5)46(8)23-21-43)33(54-10)25-34(49)48-22-17-20-32(48)38(55-11)29(7)39(50)44-31(42(53)56-12)24-30-18-15-14-16-19-30/h14-16,18-19,26-29,31-33,35-38H,13,17,20-25,43H2,1-12H3,(H,44,50)(H,45,51). The molecule has 4 amide bonds. The average molecular weight is 789 g/mol. The largest absolute Gasteiger partial charge is 0.467 e. The number of likely N-dealkylation sites (tertiary alicyclic amines) is 1. The van der Waals surface area contributed by atoms with Crippen molar-refractivity contribution in [3.05, 3.63) is 35.9 Å². The number of benzene rings is 1. The molecule has 0 aromatic heterocycles. The van der Waals surface area contributed by atoms with E-state index >= 15 is 0 Å². The van der Waals surface area contributed by atoms with Crippen LogP contribution >= 0.6 is 0 Å². The molecule has 1 aliphatic rings. The molecule has 1 fully saturated rings. The summed E-state index contributed by atoms with van der Waals surface area (Å²) in [6.45, 7) is 15.0. The number of nitrogens with zero attached hydrogens (tertiary/aromatic N) is 3. The molecule has 1 aromatic carbocycles. The maximum Gasteiger partial charge on any atom is 0.328 e. The van der Waals surface area contributed by atoms with Crippen LogP contribution in [0.2, 0.25) is 0 Å². The minimum atomic E-state index is -0.895. The second kappa shape index (κ2) is 23.6. The van der Waals surface area contributed by atoms with Crippen LogP contribution in [0, 0.1) is 23.7 Å². The third-order valence-corrected chi connectivity index (χ3v) is 11.4. The molecule has 9 unspecified atom stereocenters. The van der Waals surface area contributed by atoms with Gasteiger partial charge in [-0.05, 0) is 43.2 Å². The van der Waals surface area contributed by atoms with E-state index < -0.39 is 54.3 Å². The molecule has 0 radical (unpaired) electrons. The molecule has 0 spiro atoms. The summed E-state index contributed by atoms with van der Waals surface area (Å²) in [6, 6.07) is 6.33. The first-order valence-electron chi connectivity index (χ1n) is 20.2. The fourth-order valence-corrected chi connectivity index (χ4v) is 8.12. The fraction of sp³-hybridized carbons (Fsp3) is 0.738. The van der Waals surface area contributed by atoms with Crippen LogP contribution in [0.4, 0.5) is 0 Å². The van der Waals surface area contributed by atoms with Gasteiger partial charge < -0.3 is 40.4 Å². The molecule has 1 saturated heterocycles. The Hall–Kier alpha value is -3.59. The van der Waals surface area contributed by atoms with Crippen molar-refractivity contribution < 1.29 is 38.2 Å². The molecular weight excluding hydrogens is 716 g/mol. The number of likely N-dealkylation sites (N-methyl/N-ethyl adjacent to an activating group) is 2. The molecule has 1 aliphatic heterocycles. The quantitative estimate of drug-likeness (QED) is 0.140. The lowest BCUT2D eigenvalue weighted by molar-refractivity contribution is -0.149. The number of rotatable bonds is 23. The molecule has 0 saturated carbocycles. The summed E-state index contributed by atoms with van der Waals surface area (Å²) in [5.41, 5.74) is 6.66. The van der Waals surface area contributed by atoms with Crippen molar-refractivity contribution in [3.8, 4) is 0 Å². The van der Waals surface area contributed by atoms with Gasteiger partial charge in [0.15, 0.2) is 0 Å². The summed E-state index contributed by atoms with van der Waals surface area (Å²) in [5, 5.41) is 5.91. The van der Waals surface area contributed by atoms with Gasteiger partial charge in [0, 0.05) is 47.3 Å². The number of carbonyl (C=O) groups excluding carboxylic acids is 5. The van der Waals surface area contributed by atoms with Gasteiger partial charge in [-0.3, -0.25) is 24.1 Å². The molecule has 1 aromatic rings. The first-order chi connectivity index (χ1) is 26.5. The zero-order chi connectivity index (χ0) is 42.3. The van der Waals surface area contributed by atoms with Gasteiger partial charge in [0.1, 0.15) is 12.1 Å². The number of nitrogens with two attached hydrogens (primary N) is 1. The minimum absolute atomic E-state index is 0.00383. The van der Waals surface area contributed by atoms with E-state index in [0.29, 0.717) is 26.1 Å². The van der Waals surface area contributed by atoms with Gasteiger partial charge in [-0.25, -0.2) is 4.79 Å². The van der Waals surface area contributed by atoms with Crippen molar-refractivity contribution >= 4 is 29.6 Å². The number of methoxy groups -OCH3 is 3. The number of nitrogens with one attached hydrogen (secondary N) is 2. The predicted molar refractivity (Wildman–Crippen MR) is 217 cm³/mol. The summed E-state index contributed by atoms with van der Waals surface area (Å²) in [7, 11) is 7.94. The lowest BCUT2D eigenvalue weighted by Gasteiger charge is -2.41. The van der Waals surface area contributed by atoms with Crippen LogP contribution in [-0.2, 0) is 44.6 Å². The van der Waals surface area contributed by atoms with E-state index in [1.165, 1.54) is 14.2 Å². The van der Waals surface area contributed by atoms with E-state index in [2.05, 4.69) is 10.6 Å². The highest BCUT2D eigenvalue weighted by molar-refractivity contribution is 5.90. The summed E-state index contributed by atoms with van der Waals surface area (Å²) in [6.07, 6.45) is 1.02.